The number of nitrogens with zero attached hydrogens (tertiary/aromatic N) is 2. The van der Waals surface area contributed by atoms with Gasteiger partial charge in [0.1, 0.15) is 12.2 Å². The van der Waals surface area contributed by atoms with E-state index in [0.29, 0.717) is 38.5 Å². The van der Waals surface area contributed by atoms with E-state index in [0.717, 1.165) is 37.3 Å². The van der Waals surface area contributed by atoms with Crippen molar-refractivity contribution in [2.45, 2.75) is 62.8 Å². The van der Waals surface area contributed by atoms with Crippen LogP contribution in [-0.4, -0.2) is 106 Å². The molecule has 11 heteroatoms. The monoisotopic (exact) mass is 458 g/mol. The third kappa shape index (κ3) is 5.75. The third-order valence-corrected chi connectivity index (χ3v) is 8.19. The molecule has 4 aliphatic rings. The summed E-state index contributed by atoms with van der Waals surface area (Å²) in [6, 6.07) is -0.304. The largest absolute Gasteiger partial charge is 0.345 e. The highest BCUT2D eigenvalue weighted by molar-refractivity contribution is 7.88. The van der Waals surface area contributed by atoms with Crippen LogP contribution in [-0.2, 0) is 19.6 Å². The Kier molecular flexibility index (Phi) is 7.17. The highest BCUT2D eigenvalue weighted by Crippen LogP contribution is 2.13. The molecule has 0 aromatic heterocycles. The minimum Gasteiger partial charge on any atom is -0.345 e. The van der Waals surface area contributed by atoms with Crippen molar-refractivity contribution in [3.63, 3.8) is 0 Å². The highest BCUT2D eigenvalue weighted by atomic mass is 32.2. The summed E-state index contributed by atoms with van der Waals surface area (Å²) in [5, 5.41) is 5.40. The highest BCUT2D eigenvalue weighted by Gasteiger charge is 2.48. The lowest BCUT2D eigenvalue weighted by Crippen LogP contribution is -3.21. The van der Waals surface area contributed by atoms with Gasteiger partial charge in [-0.05, 0) is 12.8 Å². The molecule has 31 heavy (non-hydrogen) atoms. The predicted octanol–water partition coefficient (Wildman–Crippen LogP) is -3.94. The number of nitrogens with one attached hydrogen (secondary N) is 3. The van der Waals surface area contributed by atoms with E-state index in [4.69, 9.17) is 0 Å². The number of rotatable bonds is 6. The van der Waals surface area contributed by atoms with Gasteiger partial charge in [-0.1, -0.05) is 0 Å². The Balaban J connectivity index is 1.25. The molecule has 0 aliphatic carbocycles. The van der Waals surface area contributed by atoms with Gasteiger partial charge in [0.25, 0.3) is 5.91 Å². The molecule has 0 saturated carbocycles. The quantitative estimate of drug-likeness (QED) is 0.324. The number of carbonyl (C=O) groups excluding carboxylic acids is 2. The molecule has 0 spiro atoms. The molecule has 2 amide bonds. The second kappa shape index (κ2) is 9.70. The topological polar surface area (TPSA) is 120 Å². The molecular formula is C20H38N6O4S+2. The maximum Gasteiger partial charge on any atom is 0.278 e. The number of hydrogen-bond acceptors (Lipinski definition) is 5. The second-order valence-corrected chi connectivity index (χ2v) is 11.4. The molecule has 0 bridgehead atoms. The molecule has 4 aliphatic heterocycles. The molecule has 2 unspecified atom stereocenters. The Morgan fingerprint density at radius 1 is 1.26 bits per heavy atom. The number of piperazine rings is 2. The summed E-state index contributed by atoms with van der Waals surface area (Å²) in [5.74, 6) is 0.191. The normalized spacial score (nSPS) is 34.9. The van der Waals surface area contributed by atoms with Crippen LogP contribution in [0.5, 0.6) is 0 Å². The summed E-state index contributed by atoms with van der Waals surface area (Å²) < 4.78 is 25.8. The zero-order valence-electron chi connectivity index (χ0n) is 18.5. The number of sulfonamides is 1. The summed E-state index contributed by atoms with van der Waals surface area (Å²) >= 11 is 0. The minimum absolute atomic E-state index is 0.00832. The first-order valence-corrected chi connectivity index (χ1v) is 13.6. The van der Waals surface area contributed by atoms with Gasteiger partial charge in [0.15, 0.2) is 6.04 Å². The van der Waals surface area contributed by atoms with Crippen molar-refractivity contribution >= 4 is 21.8 Å². The molecule has 10 nitrogen and oxygen atoms in total. The Bertz CT molecular complexity index is 764. The zero-order valence-corrected chi connectivity index (χ0v) is 19.3. The fourth-order valence-corrected chi connectivity index (χ4v) is 6.63. The van der Waals surface area contributed by atoms with Crippen molar-refractivity contribution in [3.8, 4) is 0 Å². The van der Waals surface area contributed by atoms with E-state index in [9.17, 15) is 18.0 Å². The Hall–Kier alpha value is -1.27. The van der Waals surface area contributed by atoms with E-state index in [-0.39, 0.29) is 29.9 Å². The first kappa shape index (κ1) is 22.9. The van der Waals surface area contributed by atoms with Gasteiger partial charge in [-0.25, -0.2) is 13.1 Å². The lowest BCUT2D eigenvalue weighted by Gasteiger charge is -2.39. The standard InChI is InChI=1S/C20H36N6O4S/c1-31(29,30)23-15-12-17-20(28)22-13-16(26(17)14-15)5-6-19(27)25-10-8-24(9-11-25)18-4-2-3-7-21-18/h15-18,21,23H,2-14H2,1H3,(H,22,28)/p+2/t15-,16-,17+,18?/m1/s1. The number of carbonyl (C=O) groups is 2. The van der Waals surface area contributed by atoms with E-state index in [1.54, 1.807) is 0 Å². The fourth-order valence-electron chi connectivity index (χ4n) is 5.85. The molecule has 0 aromatic rings. The van der Waals surface area contributed by atoms with Crippen LogP contribution in [0.1, 0.15) is 38.5 Å². The summed E-state index contributed by atoms with van der Waals surface area (Å²) in [5.41, 5.74) is 0. The van der Waals surface area contributed by atoms with Crippen LogP contribution in [0.4, 0.5) is 0 Å². The van der Waals surface area contributed by atoms with Crippen molar-refractivity contribution in [1.29, 1.82) is 0 Å². The summed E-state index contributed by atoms with van der Waals surface area (Å²) in [6.07, 6.45) is 7.31. The number of nitrogens with two attached hydrogens (primary N) is 1. The molecule has 0 radical (unpaired) electrons. The van der Waals surface area contributed by atoms with Crippen LogP contribution in [0.3, 0.4) is 0 Å². The third-order valence-electron chi connectivity index (χ3n) is 7.43. The zero-order chi connectivity index (χ0) is 22.0. The number of quaternary nitrogens is 2. The molecule has 4 fully saturated rings. The Morgan fingerprint density at radius 2 is 2.03 bits per heavy atom. The fraction of sp³-hybridized carbons (Fsp3) is 0.900. The predicted molar refractivity (Wildman–Crippen MR) is 115 cm³/mol. The van der Waals surface area contributed by atoms with Crippen LogP contribution >= 0.6 is 0 Å². The number of amides is 2. The Labute approximate surface area is 185 Å². The molecule has 5 atom stereocenters. The van der Waals surface area contributed by atoms with Gasteiger partial charge in [0.2, 0.25) is 15.9 Å². The molecular weight excluding hydrogens is 420 g/mol. The smallest absolute Gasteiger partial charge is 0.278 e. The molecule has 4 saturated heterocycles. The van der Waals surface area contributed by atoms with Gasteiger partial charge in [0, 0.05) is 51.9 Å². The number of fused-ring (bicyclic) bond motifs is 1. The van der Waals surface area contributed by atoms with Crippen molar-refractivity contribution in [3.05, 3.63) is 0 Å². The van der Waals surface area contributed by atoms with Crippen molar-refractivity contribution in [2.24, 2.45) is 0 Å². The maximum absolute atomic E-state index is 12.8. The minimum atomic E-state index is -3.30. The first-order chi connectivity index (χ1) is 14.8. The van der Waals surface area contributed by atoms with E-state index < -0.39 is 10.0 Å². The number of hydrogen-bond donors (Lipinski definition) is 4. The first-order valence-electron chi connectivity index (χ1n) is 11.8. The van der Waals surface area contributed by atoms with Gasteiger partial charge in [-0.3, -0.25) is 14.5 Å². The molecule has 4 heterocycles. The SMILES string of the molecule is CS(=O)(=O)N[C@@H]1C[C@H]2C(=O)NC[C@@H](CCC(=O)N3CCN(C4CCCC[NH2+]4)CC3)[NH+]2C1. The molecule has 0 aromatic carbocycles. The van der Waals surface area contributed by atoms with Crippen molar-refractivity contribution < 1.29 is 28.2 Å². The van der Waals surface area contributed by atoms with Gasteiger partial charge >= 0.3 is 0 Å². The van der Waals surface area contributed by atoms with E-state index >= 15 is 0 Å². The van der Waals surface area contributed by atoms with Crippen LogP contribution < -0.4 is 20.3 Å². The summed E-state index contributed by atoms with van der Waals surface area (Å²) in [7, 11) is -3.30. The lowest BCUT2D eigenvalue weighted by molar-refractivity contribution is -0.930. The average Bonchev–Trinajstić information content (AvgIpc) is 3.17. The van der Waals surface area contributed by atoms with Crippen LogP contribution in [0.15, 0.2) is 0 Å². The number of piperidine rings is 1. The van der Waals surface area contributed by atoms with Gasteiger partial charge < -0.3 is 20.4 Å². The molecule has 4 rings (SSSR count). The van der Waals surface area contributed by atoms with Gasteiger partial charge in [-0.15, -0.1) is 0 Å². The van der Waals surface area contributed by atoms with Crippen molar-refractivity contribution in [1.82, 2.24) is 19.8 Å². The van der Waals surface area contributed by atoms with Crippen LogP contribution in [0, 0.1) is 0 Å². The van der Waals surface area contributed by atoms with Gasteiger partial charge in [0.05, 0.1) is 31.9 Å². The van der Waals surface area contributed by atoms with E-state index in [1.165, 1.54) is 25.8 Å². The maximum atomic E-state index is 12.8. The molecule has 176 valence electrons. The molecule has 5 N–H and O–H groups in total. The van der Waals surface area contributed by atoms with Crippen molar-refractivity contribution in [2.75, 3.05) is 52.1 Å². The summed E-state index contributed by atoms with van der Waals surface area (Å²) in [4.78, 5) is 30.8. The van der Waals surface area contributed by atoms with E-state index in [2.05, 4.69) is 20.3 Å². The lowest BCUT2D eigenvalue weighted by atomic mass is 10.0. The average molecular weight is 459 g/mol. The van der Waals surface area contributed by atoms with E-state index in [1.807, 2.05) is 4.90 Å². The van der Waals surface area contributed by atoms with Crippen LogP contribution in [0.2, 0.25) is 0 Å². The van der Waals surface area contributed by atoms with Gasteiger partial charge in [-0.2, -0.15) is 0 Å². The Morgan fingerprint density at radius 3 is 2.71 bits per heavy atom. The second-order valence-electron chi connectivity index (χ2n) is 9.64. The summed E-state index contributed by atoms with van der Waals surface area (Å²) in [6.45, 7) is 5.85. The van der Waals surface area contributed by atoms with Crippen LogP contribution in [0.25, 0.3) is 0 Å².